The van der Waals surface area contributed by atoms with Crippen molar-refractivity contribution in [3.8, 4) is 5.69 Å². The molecule has 6 heteroatoms. The van der Waals surface area contributed by atoms with E-state index >= 15 is 0 Å². The lowest BCUT2D eigenvalue weighted by Gasteiger charge is -2.08. The third-order valence-electron chi connectivity index (χ3n) is 2.59. The molecule has 2 aromatic rings. The van der Waals surface area contributed by atoms with E-state index in [2.05, 4.69) is 15.9 Å². The molecule has 0 aliphatic rings. The summed E-state index contributed by atoms with van der Waals surface area (Å²) in [6.45, 7) is 0. The predicted molar refractivity (Wildman–Crippen MR) is 71.5 cm³/mol. The van der Waals surface area contributed by atoms with E-state index in [9.17, 15) is 19.8 Å². The van der Waals surface area contributed by atoms with Crippen LogP contribution in [0.1, 0.15) is 5.56 Å². The Labute approximate surface area is 122 Å². The van der Waals surface area contributed by atoms with Crippen molar-refractivity contribution in [3.63, 3.8) is 0 Å². The number of hydrogen-bond donors (Lipinski definition) is 0. The van der Waals surface area contributed by atoms with E-state index in [0.717, 1.165) is 16.2 Å². The van der Waals surface area contributed by atoms with Crippen molar-refractivity contribution >= 4 is 33.9 Å². The number of benzene rings is 1. The van der Waals surface area contributed by atoms with Gasteiger partial charge in [0.15, 0.2) is 0 Å². The molecule has 0 amide bonds. The van der Waals surface area contributed by atoms with Gasteiger partial charge < -0.3 is 24.4 Å². The fraction of sp³-hybridized carbons (Fsp3) is 0. The van der Waals surface area contributed by atoms with Crippen LogP contribution in [-0.4, -0.2) is 16.5 Å². The Bertz CT molecular complexity index is 669. The molecule has 0 atom stereocenters. The number of carbonyl (C=O) groups is 2. The SMILES string of the molecule is O=C([O-])C(=Cc1ccn(-c2ccc(Br)cc2)c1)C(=O)[O-]. The Hall–Kier alpha value is -2.34. The van der Waals surface area contributed by atoms with Gasteiger partial charge in [-0.15, -0.1) is 0 Å². The highest BCUT2D eigenvalue weighted by Crippen LogP contribution is 2.16. The van der Waals surface area contributed by atoms with Crippen molar-refractivity contribution in [2.75, 3.05) is 0 Å². The molecule has 0 N–H and O–H groups in total. The van der Waals surface area contributed by atoms with Gasteiger partial charge in [-0.1, -0.05) is 15.9 Å². The fourth-order valence-electron chi connectivity index (χ4n) is 1.64. The van der Waals surface area contributed by atoms with Gasteiger partial charge in [-0.05, 0) is 42.0 Å². The molecule has 1 aromatic heterocycles. The first-order valence-electron chi connectivity index (χ1n) is 5.55. The number of halogens is 1. The topological polar surface area (TPSA) is 85.2 Å². The number of nitrogens with zero attached hydrogens (tertiary/aromatic N) is 1. The second-order valence-electron chi connectivity index (χ2n) is 3.96. The minimum atomic E-state index is -1.78. The monoisotopic (exact) mass is 333 g/mol. The third-order valence-corrected chi connectivity index (χ3v) is 3.12. The quantitative estimate of drug-likeness (QED) is 0.452. The maximum absolute atomic E-state index is 10.6. The van der Waals surface area contributed by atoms with Gasteiger partial charge in [0.05, 0.1) is 11.9 Å². The van der Waals surface area contributed by atoms with Crippen LogP contribution in [0.4, 0.5) is 0 Å². The second-order valence-corrected chi connectivity index (χ2v) is 4.88. The molecular formula is C14H8BrNO4-2. The van der Waals surface area contributed by atoms with Crippen LogP contribution in [0.15, 0.2) is 52.8 Å². The van der Waals surface area contributed by atoms with Crippen molar-refractivity contribution in [2.24, 2.45) is 0 Å². The lowest BCUT2D eigenvalue weighted by atomic mass is 10.2. The Balaban J connectivity index is 2.33. The number of carboxylic acid groups (broad SMARTS) is 2. The summed E-state index contributed by atoms with van der Waals surface area (Å²) in [6, 6.07) is 9.02. The Morgan fingerprint density at radius 3 is 2.20 bits per heavy atom. The third kappa shape index (κ3) is 3.16. The van der Waals surface area contributed by atoms with E-state index < -0.39 is 17.5 Å². The van der Waals surface area contributed by atoms with Crippen molar-refractivity contribution in [3.05, 3.63) is 58.3 Å². The van der Waals surface area contributed by atoms with Crippen molar-refractivity contribution < 1.29 is 19.8 Å². The fourth-order valence-corrected chi connectivity index (χ4v) is 1.90. The average molecular weight is 334 g/mol. The number of hydrogen-bond acceptors (Lipinski definition) is 4. The number of aliphatic carboxylic acids is 2. The van der Waals surface area contributed by atoms with Gasteiger partial charge in [0, 0.05) is 28.1 Å². The van der Waals surface area contributed by atoms with Gasteiger partial charge in [0.2, 0.25) is 0 Å². The van der Waals surface area contributed by atoms with Gasteiger partial charge >= 0.3 is 0 Å². The lowest BCUT2D eigenvalue weighted by molar-refractivity contribution is -0.311. The molecule has 102 valence electrons. The minimum Gasteiger partial charge on any atom is -0.545 e. The highest BCUT2D eigenvalue weighted by Gasteiger charge is 2.02. The summed E-state index contributed by atoms with van der Waals surface area (Å²) < 4.78 is 2.67. The first-order valence-corrected chi connectivity index (χ1v) is 6.35. The first-order chi connectivity index (χ1) is 9.47. The van der Waals surface area contributed by atoms with Crippen LogP contribution in [0, 0.1) is 0 Å². The second kappa shape index (κ2) is 5.75. The number of aromatic nitrogens is 1. The minimum absolute atomic E-state index is 0.427. The van der Waals surface area contributed by atoms with Gasteiger partial charge in [-0.25, -0.2) is 0 Å². The van der Waals surface area contributed by atoms with Gasteiger partial charge in [0.1, 0.15) is 0 Å². The number of carboxylic acids is 2. The number of carbonyl (C=O) groups excluding carboxylic acids is 2. The first kappa shape index (κ1) is 14.1. The normalized spacial score (nSPS) is 10.1. The van der Waals surface area contributed by atoms with E-state index in [1.54, 1.807) is 23.0 Å². The standard InChI is InChI=1S/C14H10BrNO4/c15-10-1-3-11(4-2-10)16-6-5-9(8-16)7-12(13(17)18)14(19)20/h1-8H,(H,17,18)(H,19,20)/p-2. The maximum Gasteiger partial charge on any atom is 0.0733 e. The zero-order valence-electron chi connectivity index (χ0n) is 10.1. The van der Waals surface area contributed by atoms with E-state index in [1.807, 2.05) is 24.3 Å². The summed E-state index contributed by atoms with van der Waals surface area (Å²) in [5, 5.41) is 21.3. The van der Waals surface area contributed by atoms with Crippen LogP contribution in [0.3, 0.4) is 0 Å². The molecule has 0 unspecified atom stereocenters. The Morgan fingerprint density at radius 2 is 1.65 bits per heavy atom. The van der Waals surface area contributed by atoms with Crippen LogP contribution in [0.5, 0.6) is 0 Å². The highest BCUT2D eigenvalue weighted by molar-refractivity contribution is 9.10. The molecule has 0 aliphatic carbocycles. The molecule has 1 aromatic carbocycles. The molecule has 1 heterocycles. The van der Waals surface area contributed by atoms with Gasteiger partial charge in [0.25, 0.3) is 0 Å². The number of rotatable bonds is 4. The Morgan fingerprint density at radius 1 is 1.05 bits per heavy atom. The summed E-state index contributed by atoms with van der Waals surface area (Å²) >= 11 is 3.32. The zero-order valence-corrected chi connectivity index (χ0v) is 11.7. The summed E-state index contributed by atoms with van der Waals surface area (Å²) in [5.41, 5.74) is 0.395. The maximum atomic E-state index is 10.6. The summed E-state index contributed by atoms with van der Waals surface area (Å²) in [7, 11) is 0. The molecular weight excluding hydrogens is 326 g/mol. The van der Waals surface area contributed by atoms with E-state index in [1.165, 1.54) is 0 Å². The van der Waals surface area contributed by atoms with Gasteiger partial charge in [-0.2, -0.15) is 0 Å². The smallest absolute Gasteiger partial charge is 0.0733 e. The molecule has 0 fully saturated rings. The molecule has 0 aliphatic heterocycles. The molecule has 0 radical (unpaired) electrons. The predicted octanol–water partition coefficient (Wildman–Crippen LogP) is 0.123. The Kier molecular flexibility index (Phi) is 4.05. The molecule has 20 heavy (non-hydrogen) atoms. The highest BCUT2D eigenvalue weighted by atomic mass is 79.9. The van der Waals surface area contributed by atoms with Crippen LogP contribution in [-0.2, 0) is 9.59 Å². The molecule has 0 saturated heterocycles. The van der Waals surface area contributed by atoms with E-state index in [4.69, 9.17) is 0 Å². The summed E-state index contributed by atoms with van der Waals surface area (Å²) in [6.07, 6.45) is 4.30. The van der Waals surface area contributed by atoms with Crippen molar-refractivity contribution in [1.82, 2.24) is 4.57 Å². The largest absolute Gasteiger partial charge is 0.545 e. The van der Waals surface area contributed by atoms with E-state index in [-0.39, 0.29) is 0 Å². The zero-order chi connectivity index (χ0) is 14.7. The van der Waals surface area contributed by atoms with Crippen LogP contribution in [0.25, 0.3) is 11.8 Å². The molecule has 5 nitrogen and oxygen atoms in total. The summed E-state index contributed by atoms with van der Waals surface area (Å²) in [5.74, 6) is -3.55. The van der Waals surface area contributed by atoms with Crippen molar-refractivity contribution in [2.45, 2.75) is 0 Å². The average Bonchev–Trinajstić information content (AvgIpc) is 2.84. The summed E-state index contributed by atoms with van der Waals surface area (Å²) in [4.78, 5) is 21.3. The molecule has 0 bridgehead atoms. The molecule has 2 rings (SSSR count). The lowest BCUT2D eigenvalue weighted by Crippen LogP contribution is -2.35. The van der Waals surface area contributed by atoms with Crippen molar-refractivity contribution in [1.29, 1.82) is 0 Å². The molecule has 0 saturated carbocycles. The van der Waals surface area contributed by atoms with E-state index in [0.29, 0.717) is 5.56 Å². The van der Waals surface area contributed by atoms with Crippen LogP contribution in [0.2, 0.25) is 0 Å². The van der Waals surface area contributed by atoms with Gasteiger partial charge in [-0.3, -0.25) is 0 Å². The molecule has 0 spiro atoms. The van der Waals surface area contributed by atoms with Crippen LogP contribution < -0.4 is 10.2 Å². The van der Waals surface area contributed by atoms with Crippen LogP contribution >= 0.6 is 15.9 Å².